The van der Waals surface area contributed by atoms with Crippen LogP contribution in [-0.4, -0.2) is 37.1 Å². The number of nitrogens with one attached hydrogen (secondary N) is 1. The van der Waals surface area contributed by atoms with Gasteiger partial charge in [-0.05, 0) is 54.8 Å². The first-order chi connectivity index (χ1) is 16.0. The van der Waals surface area contributed by atoms with Gasteiger partial charge in [0.2, 0.25) is 5.91 Å². The van der Waals surface area contributed by atoms with Crippen molar-refractivity contribution < 1.29 is 13.6 Å². The highest BCUT2D eigenvalue weighted by molar-refractivity contribution is 5.76. The molecule has 0 unspecified atom stereocenters. The molecule has 33 heavy (non-hydrogen) atoms. The van der Waals surface area contributed by atoms with Gasteiger partial charge in [-0.15, -0.1) is 0 Å². The van der Waals surface area contributed by atoms with Crippen molar-refractivity contribution >= 4 is 17.4 Å². The molecule has 4 rings (SSSR count). The third-order valence-electron chi connectivity index (χ3n) is 6.00. The second-order valence-corrected chi connectivity index (χ2v) is 8.28. The van der Waals surface area contributed by atoms with Crippen LogP contribution in [0.5, 0.6) is 0 Å². The van der Waals surface area contributed by atoms with Gasteiger partial charge in [-0.1, -0.05) is 24.3 Å². The van der Waals surface area contributed by atoms with Crippen LogP contribution in [0.4, 0.5) is 20.3 Å². The van der Waals surface area contributed by atoms with Crippen molar-refractivity contribution in [3.05, 3.63) is 89.6 Å². The quantitative estimate of drug-likeness (QED) is 0.576. The van der Waals surface area contributed by atoms with Crippen LogP contribution in [0.3, 0.4) is 0 Å². The number of carbonyl (C=O) groups is 1. The zero-order chi connectivity index (χ0) is 23.2. The maximum atomic E-state index is 13.8. The van der Waals surface area contributed by atoms with Gasteiger partial charge >= 0.3 is 0 Å². The highest BCUT2D eigenvalue weighted by Crippen LogP contribution is 2.23. The zero-order valence-corrected chi connectivity index (χ0v) is 18.7. The molecule has 0 spiro atoms. The van der Waals surface area contributed by atoms with Crippen LogP contribution in [0, 0.1) is 11.6 Å². The zero-order valence-electron chi connectivity index (χ0n) is 18.7. The third-order valence-corrected chi connectivity index (χ3v) is 6.00. The maximum absolute atomic E-state index is 13.8. The number of anilines is 2. The number of carbonyl (C=O) groups excluding carboxylic acids is 1. The maximum Gasteiger partial charge on any atom is 0.220 e. The summed E-state index contributed by atoms with van der Waals surface area (Å²) < 4.78 is 26.8. The summed E-state index contributed by atoms with van der Waals surface area (Å²) in [6.07, 6.45) is 2.18. The lowest BCUT2D eigenvalue weighted by molar-refractivity contribution is -0.121. The van der Waals surface area contributed by atoms with Crippen LogP contribution in [0.15, 0.2) is 66.9 Å². The molecule has 1 atom stereocenters. The molecule has 3 aromatic rings. The number of hydrogen-bond donors (Lipinski definition) is 1. The second kappa shape index (κ2) is 10.4. The SMILES string of the molecule is C[C@H](NC(=O)CCc1ccc(F)cc1F)c1cccc(N2CCN(c3ccccn3)CC2)c1. The Kier molecular flexibility index (Phi) is 7.17. The van der Waals surface area contributed by atoms with E-state index in [1.165, 1.54) is 12.1 Å². The molecule has 1 fully saturated rings. The number of piperazine rings is 1. The lowest BCUT2D eigenvalue weighted by Gasteiger charge is -2.37. The minimum absolute atomic E-state index is 0.141. The van der Waals surface area contributed by atoms with Gasteiger partial charge in [0.25, 0.3) is 0 Å². The summed E-state index contributed by atoms with van der Waals surface area (Å²) >= 11 is 0. The highest BCUT2D eigenvalue weighted by Gasteiger charge is 2.19. The van der Waals surface area contributed by atoms with Crippen molar-refractivity contribution in [3.63, 3.8) is 0 Å². The van der Waals surface area contributed by atoms with Gasteiger partial charge in [0.15, 0.2) is 0 Å². The average Bonchev–Trinajstić information content (AvgIpc) is 2.84. The van der Waals surface area contributed by atoms with E-state index in [0.717, 1.165) is 49.3 Å². The normalized spacial score (nSPS) is 14.8. The summed E-state index contributed by atoms with van der Waals surface area (Å²) in [6, 6.07) is 17.4. The van der Waals surface area contributed by atoms with Gasteiger partial charge in [-0.3, -0.25) is 4.79 Å². The van der Waals surface area contributed by atoms with E-state index in [9.17, 15) is 13.6 Å². The average molecular weight is 451 g/mol. The van der Waals surface area contributed by atoms with Crippen molar-refractivity contribution in [2.24, 2.45) is 0 Å². The first-order valence-electron chi connectivity index (χ1n) is 11.2. The first kappa shape index (κ1) is 22.7. The van der Waals surface area contributed by atoms with E-state index in [-0.39, 0.29) is 24.8 Å². The number of hydrogen-bond acceptors (Lipinski definition) is 4. The third kappa shape index (κ3) is 5.86. The Morgan fingerprint density at radius 2 is 1.79 bits per heavy atom. The molecule has 1 saturated heterocycles. The van der Waals surface area contributed by atoms with E-state index >= 15 is 0 Å². The fraction of sp³-hybridized carbons (Fsp3) is 0.308. The number of rotatable bonds is 7. The molecule has 1 amide bonds. The Morgan fingerprint density at radius 1 is 1.00 bits per heavy atom. The Hall–Kier alpha value is -3.48. The summed E-state index contributed by atoms with van der Waals surface area (Å²) in [5.74, 6) is -0.401. The van der Waals surface area contributed by atoms with E-state index in [4.69, 9.17) is 0 Å². The largest absolute Gasteiger partial charge is 0.368 e. The summed E-state index contributed by atoms with van der Waals surface area (Å²) in [7, 11) is 0. The van der Waals surface area contributed by atoms with Crippen LogP contribution >= 0.6 is 0 Å². The molecule has 1 aliphatic rings. The van der Waals surface area contributed by atoms with E-state index in [2.05, 4.69) is 32.2 Å². The van der Waals surface area contributed by atoms with Crippen molar-refractivity contribution in [1.82, 2.24) is 10.3 Å². The standard InChI is InChI=1S/C26H28F2N4O/c1-19(30-26(33)11-9-20-8-10-22(27)18-24(20)28)21-5-4-6-23(17-21)31-13-15-32(16-14-31)25-7-2-3-12-29-25/h2-8,10,12,17-19H,9,11,13-16H2,1H3,(H,30,33)/t19-/m0/s1. The topological polar surface area (TPSA) is 48.5 Å². The minimum Gasteiger partial charge on any atom is -0.368 e. The van der Waals surface area contributed by atoms with Gasteiger partial charge in [0.05, 0.1) is 6.04 Å². The van der Waals surface area contributed by atoms with E-state index in [0.29, 0.717) is 5.56 Å². The molecule has 7 heteroatoms. The van der Waals surface area contributed by atoms with Crippen molar-refractivity contribution in [2.45, 2.75) is 25.8 Å². The van der Waals surface area contributed by atoms with Crippen LogP contribution in [-0.2, 0) is 11.2 Å². The summed E-state index contributed by atoms with van der Waals surface area (Å²) in [4.78, 5) is 21.5. The Morgan fingerprint density at radius 3 is 2.52 bits per heavy atom. The van der Waals surface area contributed by atoms with Gasteiger partial charge in [-0.25, -0.2) is 13.8 Å². The molecule has 1 N–H and O–H groups in total. The molecule has 0 aliphatic carbocycles. The lowest BCUT2D eigenvalue weighted by Crippen LogP contribution is -2.46. The Balaban J connectivity index is 1.31. The molecular weight excluding hydrogens is 422 g/mol. The first-order valence-corrected chi connectivity index (χ1v) is 11.2. The predicted molar refractivity (Wildman–Crippen MR) is 126 cm³/mol. The summed E-state index contributed by atoms with van der Waals surface area (Å²) in [6.45, 7) is 5.52. The minimum atomic E-state index is -0.619. The van der Waals surface area contributed by atoms with Gasteiger partial charge in [0, 0.05) is 50.6 Å². The lowest BCUT2D eigenvalue weighted by atomic mass is 10.1. The van der Waals surface area contributed by atoms with Crippen LogP contribution < -0.4 is 15.1 Å². The molecule has 0 saturated carbocycles. The van der Waals surface area contributed by atoms with E-state index in [1.807, 2.05) is 43.5 Å². The van der Waals surface area contributed by atoms with E-state index < -0.39 is 11.6 Å². The molecule has 0 radical (unpaired) electrons. The molecule has 2 heterocycles. The van der Waals surface area contributed by atoms with Crippen LogP contribution in [0.2, 0.25) is 0 Å². The molecule has 2 aromatic carbocycles. The van der Waals surface area contributed by atoms with Gasteiger partial charge in [0.1, 0.15) is 17.5 Å². The van der Waals surface area contributed by atoms with E-state index in [1.54, 1.807) is 0 Å². The second-order valence-electron chi connectivity index (χ2n) is 8.28. The van der Waals surface area contributed by atoms with Gasteiger partial charge in [-0.2, -0.15) is 0 Å². The number of aryl methyl sites for hydroxylation is 1. The molecular formula is C26H28F2N4O. The van der Waals surface area contributed by atoms with Crippen molar-refractivity contribution in [3.8, 4) is 0 Å². The summed E-state index contributed by atoms with van der Waals surface area (Å²) in [5, 5.41) is 2.99. The fourth-order valence-electron chi connectivity index (χ4n) is 4.09. The van der Waals surface area contributed by atoms with Crippen LogP contribution in [0.25, 0.3) is 0 Å². The number of aromatic nitrogens is 1. The molecule has 1 aromatic heterocycles. The monoisotopic (exact) mass is 450 g/mol. The number of halogens is 2. The molecule has 0 bridgehead atoms. The van der Waals surface area contributed by atoms with Crippen molar-refractivity contribution in [2.75, 3.05) is 36.0 Å². The Bertz CT molecular complexity index is 1080. The fourth-order valence-corrected chi connectivity index (χ4v) is 4.09. The predicted octanol–water partition coefficient (Wildman–Crippen LogP) is 4.50. The highest BCUT2D eigenvalue weighted by atomic mass is 19.1. The molecule has 1 aliphatic heterocycles. The number of nitrogens with zero attached hydrogens (tertiary/aromatic N) is 3. The molecule has 172 valence electrons. The smallest absolute Gasteiger partial charge is 0.220 e. The Labute approximate surface area is 193 Å². The number of pyridine rings is 1. The number of benzene rings is 2. The van der Waals surface area contributed by atoms with Crippen molar-refractivity contribution in [1.29, 1.82) is 0 Å². The molecule has 5 nitrogen and oxygen atoms in total. The number of amides is 1. The van der Waals surface area contributed by atoms with Crippen LogP contribution in [0.1, 0.15) is 30.5 Å². The van der Waals surface area contributed by atoms with Gasteiger partial charge < -0.3 is 15.1 Å². The summed E-state index contributed by atoms with van der Waals surface area (Å²) in [5.41, 5.74) is 2.48.